The van der Waals surface area contributed by atoms with E-state index < -0.39 is 0 Å². The number of ether oxygens (including phenoxy) is 1. The fourth-order valence-electron chi connectivity index (χ4n) is 2.88. The van der Waals surface area contributed by atoms with E-state index in [2.05, 4.69) is 65.1 Å². The number of anilines is 1. The molecule has 2 atom stereocenters. The highest BCUT2D eigenvalue weighted by atomic mass is 79.9. The van der Waals surface area contributed by atoms with E-state index in [0.29, 0.717) is 18.1 Å². The monoisotopic (exact) mass is 354 g/mol. The van der Waals surface area contributed by atoms with E-state index >= 15 is 0 Å². The molecular weight excluding hydrogens is 328 g/mol. The van der Waals surface area contributed by atoms with E-state index in [9.17, 15) is 0 Å². The Balaban J connectivity index is 2.18. The highest BCUT2D eigenvalue weighted by Crippen LogP contribution is 2.29. The quantitative estimate of drug-likeness (QED) is 0.869. The molecule has 1 saturated heterocycles. The number of benzene rings is 1. The molecule has 118 valence electrons. The van der Waals surface area contributed by atoms with Gasteiger partial charge in [0, 0.05) is 42.9 Å². The summed E-state index contributed by atoms with van der Waals surface area (Å²) in [6.07, 6.45) is 1.51. The van der Waals surface area contributed by atoms with Crippen molar-refractivity contribution in [1.29, 1.82) is 0 Å². The van der Waals surface area contributed by atoms with Gasteiger partial charge in [-0.1, -0.05) is 36.7 Å². The molecule has 0 aliphatic carbocycles. The molecule has 1 fully saturated rings. The van der Waals surface area contributed by atoms with Crippen LogP contribution in [0.15, 0.2) is 22.7 Å². The molecule has 4 heteroatoms. The predicted octanol–water partition coefficient (Wildman–Crippen LogP) is 3.81. The predicted molar refractivity (Wildman–Crippen MR) is 92.9 cm³/mol. The summed E-state index contributed by atoms with van der Waals surface area (Å²) in [5, 5.41) is 3.52. The first-order valence-electron chi connectivity index (χ1n) is 7.80. The van der Waals surface area contributed by atoms with E-state index in [1.54, 1.807) is 0 Å². The van der Waals surface area contributed by atoms with Crippen LogP contribution in [0.3, 0.4) is 0 Å². The van der Waals surface area contributed by atoms with Gasteiger partial charge in [-0.05, 0) is 36.1 Å². The van der Waals surface area contributed by atoms with E-state index in [4.69, 9.17) is 4.74 Å². The molecule has 1 aromatic carbocycles. The molecule has 0 spiro atoms. The Bertz CT molecular complexity index is 464. The zero-order valence-corrected chi connectivity index (χ0v) is 15.1. The van der Waals surface area contributed by atoms with Gasteiger partial charge < -0.3 is 15.0 Å². The lowest BCUT2D eigenvalue weighted by Crippen LogP contribution is -2.44. The van der Waals surface area contributed by atoms with Gasteiger partial charge in [-0.15, -0.1) is 0 Å². The topological polar surface area (TPSA) is 24.5 Å². The molecule has 0 bridgehead atoms. The van der Waals surface area contributed by atoms with Crippen LogP contribution in [0.5, 0.6) is 0 Å². The molecule has 1 aliphatic heterocycles. The first-order valence-corrected chi connectivity index (χ1v) is 8.60. The zero-order valence-electron chi connectivity index (χ0n) is 13.5. The van der Waals surface area contributed by atoms with Crippen LogP contribution in [0.25, 0.3) is 0 Å². The summed E-state index contributed by atoms with van der Waals surface area (Å²) in [4.78, 5) is 2.47. The maximum Gasteiger partial charge on any atom is 0.0772 e. The van der Waals surface area contributed by atoms with Crippen LogP contribution in [-0.4, -0.2) is 32.3 Å². The highest BCUT2D eigenvalue weighted by molar-refractivity contribution is 9.10. The van der Waals surface area contributed by atoms with E-state index in [1.807, 2.05) is 7.11 Å². The van der Waals surface area contributed by atoms with Crippen LogP contribution < -0.4 is 10.2 Å². The normalized spacial score (nSPS) is 22.9. The number of hydrogen-bond acceptors (Lipinski definition) is 3. The van der Waals surface area contributed by atoms with Crippen LogP contribution in [0.1, 0.15) is 32.8 Å². The lowest BCUT2D eigenvalue weighted by molar-refractivity contribution is 0.0498. The van der Waals surface area contributed by atoms with Crippen LogP contribution >= 0.6 is 15.9 Å². The van der Waals surface area contributed by atoms with Crippen molar-refractivity contribution >= 4 is 21.6 Å². The van der Waals surface area contributed by atoms with Crippen LogP contribution in [0, 0.1) is 5.92 Å². The van der Waals surface area contributed by atoms with Gasteiger partial charge in [0.05, 0.1) is 6.10 Å². The van der Waals surface area contributed by atoms with Crippen molar-refractivity contribution in [3.8, 4) is 0 Å². The number of halogens is 1. The van der Waals surface area contributed by atoms with Gasteiger partial charge in [0.2, 0.25) is 0 Å². The first-order chi connectivity index (χ1) is 10.0. The average Bonchev–Trinajstić information content (AvgIpc) is 2.46. The Kier molecular flexibility index (Phi) is 6.08. The molecule has 0 saturated carbocycles. The Labute approximate surface area is 137 Å². The molecule has 1 aliphatic rings. The number of methoxy groups -OCH3 is 1. The lowest BCUT2D eigenvalue weighted by atomic mass is 9.95. The number of nitrogens with one attached hydrogen (secondary N) is 1. The third-order valence-corrected chi connectivity index (χ3v) is 4.77. The van der Waals surface area contributed by atoms with Crippen molar-refractivity contribution in [2.45, 2.75) is 45.9 Å². The average molecular weight is 355 g/mol. The second-order valence-corrected chi connectivity index (χ2v) is 7.21. The summed E-state index contributed by atoms with van der Waals surface area (Å²) in [7, 11) is 1.83. The van der Waals surface area contributed by atoms with Crippen molar-refractivity contribution < 1.29 is 4.74 Å². The Hall–Kier alpha value is -0.580. The minimum atomic E-state index is 0.327. The fourth-order valence-corrected chi connectivity index (χ4v) is 3.29. The van der Waals surface area contributed by atoms with Crippen molar-refractivity contribution in [2.24, 2.45) is 5.92 Å². The number of rotatable bonds is 5. The summed E-state index contributed by atoms with van der Waals surface area (Å²) < 4.78 is 6.79. The molecule has 0 radical (unpaired) electrons. The van der Waals surface area contributed by atoms with Gasteiger partial charge in [0.15, 0.2) is 0 Å². The smallest absolute Gasteiger partial charge is 0.0772 e. The summed E-state index contributed by atoms with van der Waals surface area (Å²) >= 11 is 3.59. The molecular formula is C17H27BrN2O. The Morgan fingerprint density at radius 1 is 1.43 bits per heavy atom. The van der Waals surface area contributed by atoms with Crippen molar-refractivity contribution in [3.63, 3.8) is 0 Å². The first kappa shape index (κ1) is 16.8. The van der Waals surface area contributed by atoms with Crippen LogP contribution in [0.2, 0.25) is 0 Å². The van der Waals surface area contributed by atoms with Gasteiger partial charge in [0.25, 0.3) is 0 Å². The Morgan fingerprint density at radius 3 is 2.86 bits per heavy atom. The Morgan fingerprint density at radius 2 is 2.19 bits per heavy atom. The largest absolute Gasteiger partial charge is 0.379 e. The summed E-state index contributed by atoms with van der Waals surface area (Å²) in [6.45, 7) is 9.64. The number of hydrogen-bond donors (Lipinski definition) is 1. The number of piperidine rings is 1. The standard InChI is InChI=1S/C17H27BrN2O/c1-12(2)19-10-14-9-15(18)5-6-16(14)20-8-7-13(3)17(11-20)21-4/h5-6,9,12-13,17,19H,7-8,10-11H2,1-4H3. The molecule has 2 unspecified atom stereocenters. The third kappa shape index (κ3) is 4.44. The molecule has 3 nitrogen and oxygen atoms in total. The molecule has 1 N–H and O–H groups in total. The van der Waals surface area contributed by atoms with Gasteiger partial charge in [-0.3, -0.25) is 0 Å². The van der Waals surface area contributed by atoms with Gasteiger partial charge in [-0.25, -0.2) is 0 Å². The van der Waals surface area contributed by atoms with E-state index in [-0.39, 0.29) is 0 Å². The zero-order chi connectivity index (χ0) is 15.4. The van der Waals surface area contributed by atoms with Gasteiger partial charge >= 0.3 is 0 Å². The molecule has 0 amide bonds. The minimum absolute atomic E-state index is 0.327. The van der Waals surface area contributed by atoms with Gasteiger partial charge in [-0.2, -0.15) is 0 Å². The molecule has 1 aromatic rings. The van der Waals surface area contributed by atoms with Gasteiger partial charge in [0.1, 0.15) is 0 Å². The van der Waals surface area contributed by atoms with E-state index in [1.165, 1.54) is 17.7 Å². The van der Waals surface area contributed by atoms with Crippen molar-refractivity contribution in [2.75, 3.05) is 25.1 Å². The second-order valence-electron chi connectivity index (χ2n) is 6.29. The summed E-state index contributed by atoms with van der Waals surface area (Å²) in [5.41, 5.74) is 2.68. The minimum Gasteiger partial charge on any atom is -0.379 e. The van der Waals surface area contributed by atoms with Crippen molar-refractivity contribution in [1.82, 2.24) is 5.32 Å². The maximum absolute atomic E-state index is 5.65. The van der Waals surface area contributed by atoms with Crippen LogP contribution in [-0.2, 0) is 11.3 Å². The fraction of sp³-hybridized carbons (Fsp3) is 0.647. The molecule has 0 aromatic heterocycles. The highest BCUT2D eigenvalue weighted by Gasteiger charge is 2.27. The van der Waals surface area contributed by atoms with E-state index in [0.717, 1.165) is 24.1 Å². The maximum atomic E-state index is 5.65. The third-order valence-electron chi connectivity index (χ3n) is 4.28. The lowest BCUT2D eigenvalue weighted by Gasteiger charge is -2.38. The number of nitrogens with zero attached hydrogens (tertiary/aromatic N) is 1. The summed E-state index contributed by atoms with van der Waals surface area (Å²) in [6, 6.07) is 7.08. The molecule has 21 heavy (non-hydrogen) atoms. The van der Waals surface area contributed by atoms with Crippen LogP contribution in [0.4, 0.5) is 5.69 Å². The SMILES string of the molecule is COC1CN(c2ccc(Br)cc2CNC(C)C)CCC1C. The summed E-state index contributed by atoms with van der Waals surface area (Å²) in [5.74, 6) is 0.638. The van der Waals surface area contributed by atoms with Crippen molar-refractivity contribution in [3.05, 3.63) is 28.2 Å². The second kappa shape index (κ2) is 7.61. The molecule has 2 rings (SSSR count). The molecule has 1 heterocycles.